The van der Waals surface area contributed by atoms with Gasteiger partial charge in [-0.3, -0.25) is 0 Å². The molecule has 23 heavy (non-hydrogen) atoms. The molecule has 1 aromatic rings. The summed E-state index contributed by atoms with van der Waals surface area (Å²) in [6, 6.07) is 4.48. The average Bonchev–Trinajstić information content (AvgIpc) is 2.57. The second-order valence-electron chi connectivity index (χ2n) is 7.49. The number of hydrogen-bond acceptors (Lipinski definition) is 0. The van der Waals surface area contributed by atoms with Crippen LogP contribution in [0.1, 0.15) is 69.8 Å². The standard InChI is InChI=1S/C21H28F2/c1-2-3-4-5-15-6-7-17-13-18(9-8-16(17)12-15)19-10-11-20(22)21(23)14-19/h4-5,10-11,14-18H,2-3,6-9,12-13H2,1H3. The highest BCUT2D eigenvalue weighted by Crippen LogP contribution is 2.47. The summed E-state index contributed by atoms with van der Waals surface area (Å²) >= 11 is 0. The molecule has 0 bridgehead atoms. The van der Waals surface area contributed by atoms with E-state index in [0.717, 1.165) is 36.2 Å². The maximum absolute atomic E-state index is 13.5. The number of allylic oxidation sites excluding steroid dienone is 2. The van der Waals surface area contributed by atoms with Crippen molar-refractivity contribution < 1.29 is 8.78 Å². The predicted octanol–water partition coefficient (Wildman–Crippen LogP) is 6.62. The highest BCUT2D eigenvalue weighted by molar-refractivity contribution is 5.22. The third kappa shape index (κ3) is 4.02. The molecule has 4 unspecified atom stereocenters. The number of rotatable bonds is 4. The van der Waals surface area contributed by atoms with Gasteiger partial charge in [-0.2, -0.15) is 0 Å². The van der Waals surface area contributed by atoms with Crippen molar-refractivity contribution in [3.05, 3.63) is 47.5 Å². The Balaban J connectivity index is 1.59. The Kier molecular flexibility index (Phi) is 5.50. The fraction of sp³-hybridized carbons (Fsp3) is 0.619. The number of halogens is 2. The fourth-order valence-electron chi connectivity index (χ4n) is 4.62. The smallest absolute Gasteiger partial charge is 0.159 e. The molecule has 3 rings (SSSR count). The third-order valence-electron chi connectivity index (χ3n) is 5.93. The predicted molar refractivity (Wildman–Crippen MR) is 91.3 cm³/mol. The normalized spacial score (nSPS) is 31.3. The van der Waals surface area contributed by atoms with E-state index in [-0.39, 0.29) is 0 Å². The van der Waals surface area contributed by atoms with Crippen molar-refractivity contribution in [1.82, 2.24) is 0 Å². The Morgan fingerprint density at radius 2 is 1.78 bits per heavy atom. The zero-order valence-corrected chi connectivity index (χ0v) is 14.1. The lowest BCUT2D eigenvalue weighted by molar-refractivity contribution is 0.133. The van der Waals surface area contributed by atoms with Crippen LogP contribution in [0.3, 0.4) is 0 Å². The van der Waals surface area contributed by atoms with Gasteiger partial charge < -0.3 is 0 Å². The third-order valence-corrected chi connectivity index (χ3v) is 5.93. The van der Waals surface area contributed by atoms with Crippen LogP contribution in [0.5, 0.6) is 0 Å². The highest BCUT2D eigenvalue weighted by Gasteiger charge is 2.35. The van der Waals surface area contributed by atoms with E-state index in [1.807, 2.05) is 0 Å². The van der Waals surface area contributed by atoms with Crippen molar-refractivity contribution in [3.63, 3.8) is 0 Å². The van der Waals surface area contributed by atoms with Crippen LogP contribution in [0, 0.1) is 29.4 Å². The van der Waals surface area contributed by atoms with E-state index in [9.17, 15) is 8.78 Å². The van der Waals surface area contributed by atoms with Crippen molar-refractivity contribution in [2.24, 2.45) is 17.8 Å². The summed E-state index contributed by atoms with van der Waals surface area (Å²) in [6.07, 6.45) is 14.7. The van der Waals surface area contributed by atoms with Crippen LogP contribution in [0.2, 0.25) is 0 Å². The molecule has 4 atom stereocenters. The van der Waals surface area contributed by atoms with Crippen molar-refractivity contribution in [2.45, 2.75) is 64.2 Å². The minimum atomic E-state index is -0.734. The Morgan fingerprint density at radius 3 is 2.57 bits per heavy atom. The molecule has 126 valence electrons. The van der Waals surface area contributed by atoms with Gasteiger partial charge in [-0.25, -0.2) is 8.78 Å². The average molecular weight is 318 g/mol. The molecule has 0 aromatic heterocycles. The SMILES string of the molecule is CCCC=CC1CCC2CC(c3ccc(F)c(F)c3)CCC2C1. The minimum Gasteiger partial charge on any atom is -0.204 e. The summed E-state index contributed by atoms with van der Waals surface area (Å²) < 4.78 is 26.6. The van der Waals surface area contributed by atoms with Crippen LogP contribution in [0.15, 0.2) is 30.4 Å². The van der Waals surface area contributed by atoms with E-state index >= 15 is 0 Å². The number of fused-ring (bicyclic) bond motifs is 1. The fourth-order valence-corrected chi connectivity index (χ4v) is 4.62. The van der Waals surface area contributed by atoms with Gasteiger partial charge in [-0.15, -0.1) is 0 Å². The summed E-state index contributed by atoms with van der Waals surface area (Å²) in [5.41, 5.74) is 0.993. The van der Waals surface area contributed by atoms with Gasteiger partial charge in [-0.1, -0.05) is 31.6 Å². The molecule has 0 amide bonds. The Hall–Kier alpha value is -1.18. The van der Waals surface area contributed by atoms with Gasteiger partial charge in [0.05, 0.1) is 0 Å². The maximum atomic E-state index is 13.5. The summed E-state index contributed by atoms with van der Waals surface area (Å²) in [7, 11) is 0. The second-order valence-corrected chi connectivity index (χ2v) is 7.49. The van der Waals surface area contributed by atoms with Gasteiger partial charge in [0.25, 0.3) is 0 Å². The van der Waals surface area contributed by atoms with E-state index in [1.54, 1.807) is 6.07 Å². The summed E-state index contributed by atoms with van der Waals surface area (Å²) in [6.45, 7) is 2.22. The van der Waals surface area contributed by atoms with Gasteiger partial charge in [0, 0.05) is 0 Å². The van der Waals surface area contributed by atoms with Gasteiger partial charge in [0.2, 0.25) is 0 Å². The van der Waals surface area contributed by atoms with E-state index in [2.05, 4.69) is 19.1 Å². The van der Waals surface area contributed by atoms with Crippen molar-refractivity contribution in [2.75, 3.05) is 0 Å². The molecule has 0 aliphatic heterocycles. The summed E-state index contributed by atoms with van der Waals surface area (Å²) in [5.74, 6) is 1.36. The Bertz CT molecular complexity index is 549. The molecule has 0 spiro atoms. The van der Waals surface area contributed by atoms with Gasteiger partial charge in [0.1, 0.15) is 0 Å². The van der Waals surface area contributed by atoms with Crippen LogP contribution in [-0.4, -0.2) is 0 Å². The summed E-state index contributed by atoms with van der Waals surface area (Å²) in [5, 5.41) is 0. The van der Waals surface area contributed by atoms with Crippen LogP contribution < -0.4 is 0 Å². The van der Waals surface area contributed by atoms with E-state index in [4.69, 9.17) is 0 Å². The monoisotopic (exact) mass is 318 g/mol. The van der Waals surface area contributed by atoms with Crippen molar-refractivity contribution >= 4 is 0 Å². The molecule has 2 aliphatic carbocycles. The van der Waals surface area contributed by atoms with E-state index in [1.165, 1.54) is 50.7 Å². The molecule has 0 N–H and O–H groups in total. The number of hydrogen-bond donors (Lipinski definition) is 0. The van der Waals surface area contributed by atoms with Crippen molar-refractivity contribution in [3.8, 4) is 0 Å². The minimum absolute atomic E-state index is 0.415. The Morgan fingerprint density at radius 1 is 1.00 bits per heavy atom. The van der Waals surface area contributed by atoms with Crippen LogP contribution in [-0.2, 0) is 0 Å². The van der Waals surface area contributed by atoms with Gasteiger partial charge in [-0.05, 0) is 86.3 Å². The first-order valence-corrected chi connectivity index (χ1v) is 9.29. The van der Waals surface area contributed by atoms with Crippen molar-refractivity contribution in [1.29, 1.82) is 0 Å². The molecule has 1 aromatic carbocycles. The van der Waals surface area contributed by atoms with Crippen LogP contribution >= 0.6 is 0 Å². The molecule has 2 saturated carbocycles. The first-order valence-electron chi connectivity index (χ1n) is 9.29. The quantitative estimate of drug-likeness (QED) is 0.547. The first kappa shape index (κ1) is 16.7. The second kappa shape index (κ2) is 7.59. The molecular formula is C21H28F2. The Labute approximate surface area is 139 Å². The lowest BCUT2D eigenvalue weighted by Gasteiger charge is -2.41. The van der Waals surface area contributed by atoms with Crippen LogP contribution in [0.25, 0.3) is 0 Å². The molecule has 0 saturated heterocycles. The molecule has 2 aliphatic rings. The molecule has 2 fully saturated rings. The van der Waals surface area contributed by atoms with Crippen LogP contribution in [0.4, 0.5) is 8.78 Å². The van der Waals surface area contributed by atoms with Gasteiger partial charge in [0.15, 0.2) is 11.6 Å². The topological polar surface area (TPSA) is 0 Å². The zero-order chi connectivity index (χ0) is 16.2. The number of benzene rings is 1. The van der Waals surface area contributed by atoms with E-state index in [0.29, 0.717) is 5.92 Å². The maximum Gasteiger partial charge on any atom is 0.159 e. The lowest BCUT2D eigenvalue weighted by atomic mass is 9.64. The largest absolute Gasteiger partial charge is 0.204 e. The summed E-state index contributed by atoms with van der Waals surface area (Å²) in [4.78, 5) is 0. The highest BCUT2D eigenvalue weighted by atomic mass is 19.2. The molecule has 0 radical (unpaired) electrons. The number of unbranched alkanes of at least 4 members (excludes halogenated alkanes) is 1. The molecule has 0 heterocycles. The lowest BCUT2D eigenvalue weighted by Crippen LogP contribution is -2.30. The van der Waals surface area contributed by atoms with E-state index < -0.39 is 11.6 Å². The molecule has 2 heteroatoms. The first-order chi connectivity index (χ1) is 11.2. The molecule has 0 nitrogen and oxygen atoms in total. The van der Waals surface area contributed by atoms with Gasteiger partial charge >= 0.3 is 0 Å². The molecular weight excluding hydrogens is 290 g/mol. The zero-order valence-electron chi connectivity index (χ0n) is 14.1.